The number of guanidine groups is 1. The first-order valence-electron chi connectivity index (χ1n) is 14.1. The Bertz CT molecular complexity index is 1080. The highest BCUT2D eigenvalue weighted by Crippen LogP contribution is 2.32. The van der Waals surface area contributed by atoms with E-state index in [0.717, 1.165) is 44.1 Å². The lowest BCUT2D eigenvalue weighted by molar-refractivity contribution is -0.139. The first-order chi connectivity index (χ1) is 19.8. The Morgan fingerprint density at radius 3 is 2.33 bits per heavy atom. The Hall–Kier alpha value is -4.06. The van der Waals surface area contributed by atoms with E-state index in [2.05, 4.69) is 37.5 Å². The second-order valence-corrected chi connectivity index (χ2v) is 10.2. The van der Waals surface area contributed by atoms with Gasteiger partial charge >= 0.3 is 18.0 Å². The van der Waals surface area contributed by atoms with Crippen LogP contribution in [0.5, 0.6) is 11.5 Å². The Kier molecular flexibility index (Phi) is 19.6. The zero-order chi connectivity index (χ0) is 32.1. The van der Waals surface area contributed by atoms with Gasteiger partial charge in [0, 0.05) is 12.1 Å². The van der Waals surface area contributed by atoms with Gasteiger partial charge < -0.3 is 42.2 Å². The predicted molar refractivity (Wildman–Crippen MR) is 164 cm³/mol. The topological polar surface area (TPSA) is 221 Å². The summed E-state index contributed by atoms with van der Waals surface area (Å²) in [4.78, 5) is 32.9. The number of unbranched alkanes of at least 4 members (excludes halogenated alkanes) is 2. The Balaban J connectivity index is 0.00000118. The summed E-state index contributed by atoms with van der Waals surface area (Å²) < 4.78 is 5.36. The van der Waals surface area contributed by atoms with Crippen molar-refractivity contribution in [2.75, 3.05) is 13.1 Å². The van der Waals surface area contributed by atoms with E-state index in [1.807, 2.05) is 13.0 Å². The molecule has 0 unspecified atom stereocenters. The number of amides is 1. The first-order valence-corrected chi connectivity index (χ1v) is 14.1. The molecule has 1 rings (SSSR count). The Labute approximate surface area is 248 Å². The van der Waals surface area contributed by atoms with Crippen LogP contribution in [0.25, 0.3) is 0 Å². The van der Waals surface area contributed by atoms with Crippen LogP contribution in [0.1, 0.15) is 83.8 Å². The van der Waals surface area contributed by atoms with Crippen molar-refractivity contribution in [3.8, 4) is 11.5 Å². The van der Waals surface area contributed by atoms with Gasteiger partial charge in [0.1, 0.15) is 24.1 Å². The van der Waals surface area contributed by atoms with E-state index in [-0.39, 0.29) is 17.5 Å². The van der Waals surface area contributed by atoms with Crippen molar-refractivity contribution in [2.24, 2.45) is 11.5 Å². The molecule has 1 amide bonds. The smallest absolute Gasteiger partial charge is 0.413 e. The number of phenolic OH excluding ortho intramolecular Hbond substituents is 1. The van der Waals surface area contributed by atoms with Gasteiger partial charge in [-0.25, -0.2) is 4.79 Å². The van der Waals surface area contributed by atoms with E-state index < -0.39 is 30.6 Å². The number of nitrogens with two attached hydrogens (primary N) is 2. The van der Waals surface area contributed by atoms with E-state index in [1.165, 1.54) is 11.1 Å². The number of rotatable bonds is 17. The molecule has 1 atom stereocenters. The monoisotopic (exact) mass is 591 g/mol. The quantitative estimate of drug-likeness (QED) is 0.0558. The number of hydrogen-bond donors (Lipinski definition) is 8. The number of aliphatic carboxylic acids is 2. The summed E-state index contributed by atoms with van der Waals surface area (Å²) in [5.74, 6) is -1.92. The van der Waals surface area contributed by atoms with Gasteiger partial charge in [-0.3, -0.25) is 15.0 Å². The normalized spacial score (nSPS) is 11.4. The number of carbonyl (C=O) groups excluding carboxylic acids is 1. The number of carboxylic acid groups (broad SMARTS) is 2. The molecular formula is C30H49N5O7. The molecule has 10 N–H and O–H groups in total. The zero-order valence-electron chi connectivity index (χ0n) is 25.3. The predicted octanol–water partition coefficient (Wildman–Crippen LogP) is 4.19. The minimum absolute atomic E-state index is 0.0818. The maximum atomic E-state index is 12.0. The van der Waals surface area contributed by atoms with E-state index in [9.17, 15) is 19.5 Å². The molecule has 0 aliphatic carbocycles. The summed E-state index contributed by atoms with van der Waals surface area (Å²) >= 11 is 0. The third kappa shape index (κ3) is 19.1. The third-order valence-electron chi connectivity index (χ3n) is 5.97. The van der Waals surface area contributed by atoms with Crippen molar-refractivity contribution in [2.45, 2.75) is 91.5 Å². The van der Waals surface area contributed by atoms with Gasteiger partial charge in [0.05, 0.1) is 0 Å². The molecule has 0 aliphatic heterocycles. The number of carbonyl (C=O) groups is 3. The molecule has 12 nitrogen and oxygen atoms in total. The fourth-order valence-corrected chi connectivity index (χ4v) is 3.62. The van der Waals surface area contributed by atoms with Crippen molar-refractivity contribution < 1.29 is 34.4 Å². The lowest BCUT2D eigenvalue weighted by Crippen LogP contribution is -2.34. The summed E-state index contributed by atoms with van der Waals surface area (Å²) in [6.45, 7) is 8.25. The number of aryl methyl sites for hydroxylation is 1. The SMILES string of the molecule is CCCCCc1cc(O)c(C/C=C(\C)CCC=C(C)C)c(OC(=O)NCC(=O)O)c1.N=C(N)NCCC[C@H](N)C(=O)O. The van der Waals surface area contributed by atoms with Crippen molar-refractivity contribution in [1.82, 2.24) is 10.6 Å². The van der Waals surface area contributed by atoms with E-state index in [0.29, 0.717) is 31.4 Å². The van der Waals surface area contributed by atoms with Gasteiger partial charge in [0.15, 0.2) is 5.96 Å². The highest BCUT2D eigenvalue weighted by Gasteiger charge is 2.15. The van der Waals surface area contributed by atoms with Crippen LogP contribution in [0.3, 0.4) is 0 Å². The molecule has 0 fully saturated rings. The van der Waals surface area contributed by atoms with Gasteiger partial charge in [0.2, 0.25) is 0 Å². The number of allylic oxidation sites excluding steroid dienone is 4. The average Bonchev–Trinajstić information content (AvgIpc) is 2.89. The van der Waals surface area contributed by atoms with Gasteiger partial charge in [0.25, 0.3) is 0 Å². The maximum absolute atomic E-state index is 12.0. The van der Waals surface area contributed by atoms with Crippen molar-refractivity contribution in [3.05, 3.63) is 46.6 Å². The van der Waals surface area contributed by atoms with Crippen LogP contribution in [0.15, 0.2) is 35.4 Å². The van der Waals surface area contributed by atoms with Gasteiger partial charge in [-0.2, -0.15) is 0 Å². The summed E-state index contributed by atoms with van der Waals surface area (Å²) in [6, 6.07) is 2.66. The highest BCUT2D eigenvalue weighted by atomic mass is 16.6. The minimum Gasteiger partial charge on any atom is -0.508 e. The molecule has 1 aromatic carbocycles. The summed E-state index contributed by atoms with van der Waals surface area (Å²) in [6.07, 6.45) is 10.5. The van der Waals surface area contributed by atoms with E-state index in [1.54, 1.807) is 12.1 Å². The summed E-state index contributed by atoms with van der Waals surface area (Å²) in [7, 11) is 0. The van der Waals surface area contributed by atoms with Crippen LogP contribution < -0.4 is 26.8 Å². The number of carboxylic acids is 2. The fraction of sp³-hybridized carbons (Fsp3) is 0.533. The summed E-state index contributed by atoms with van der Waals surface area (Å²) in [5, 5.41) is 39.2. The number of hydrogen-bond acceptors (Lipinski definition) is 7. The number of phenols is 1. The van der Waals surface area contributed by atoms with Crippen molar-refractivity contribution >= 4 is 24.0 Å². The molecule has 0 spiro atoms. The van der Waals surface area contributed by atoms with Gasteiger partial charge in [-0.05, 0) is 83.4 Å². The van der Waals surface area contributed by atoms with E-state index in [4.69, 9.17) is 31.8 Å². The van der Waals surface area contributed by atoms with Crippen LogP contribution in [0, 0.1) is 5.41 Å². The number of aromatic hydroxyl groups is 1. The molecule has 1 aromatic rings. The number of ether oxygens (including phenoxy) is 1. The number of benzene rings is 1. The maximum Gasteiger partial charge on any atom is 0.413 e. The molecule has 0 saturated heterocycles. The molecule has 42 heavy (non-hydrogen) atoms. The Morgan fingerprint density at radius 2 is 1.76 bits per heavy atom. The van der Waals surface area contributed by atoms with Crippen molar-refractivity contribution in [1.29, 1.82) is 5.41 Å². The molecule has 0 heterocycles. The molecule has 0 bridgehead atoms. The van der Waals surface area contributed by atoms with Gasteiger partial charge in [-0.1, -0.05) is 43.1 Å². The van der Waals surface area contributed by atoms with Crippen LogP contribution in [-0.4, -0.2) is 58.4 Å². The van der Waals surface area contributed by atoms with E-state index >= 15 is 0 Å². The van der Waals surface area contributed by atoms with Crippen molar-refractivity contribution in [3.63, 3.8) is 0 Å². The summed E-state index contributed by atoms with van der Waals surface area (Å²) in [5.41, 5.74) is 14.1. The molecular weight excluding hydrogens is 542 g/mol. The lowest BCUT2D eigenvalue weighted by Gasteiger charge is -2.14. The molecule has 0 saturated carbocycles. The fourth-order valence-electron chi connectivity index (χ4n) is 3.62. The molecule has 12 heteroatoms. The van der Waals surface area contributed by atoms with Crippen LogP contribution >= 0.6 is 0 Å². The molecule has 0 radical (unpaired) electrons. The molecule has 0 aliphatic rings. The lowest BCUT2D eigenvalue weighted by atomic mass is 10.00. The van der Waals surface area contributed by atoms with Crippen LogP contribution in [0.2, 0.25) is 0 Å². The molecule has 236 valence electrons. The molecule has 0 aromatic heterocycles. The zero-order valence-corrected chi connectivity index (χ0v) is 25.3. The van der Waals surface area contributed by atoms with Crippen LogP contribution in [0.4, 0.5) is 4.79 Å². The number of nitrogens with one attached hydrogen (secondary N) is 3. The van der Waals surface area contributed by atoms with Gasteiger partial charge in [-0.15, -0.1) is 0 Å². The van der Waals surface area contributed by atoms with Crippen LogP contribution in [-0.2, 0) is 22.4 Å². The second kappa shape index (κ2) is 21.7. The highest BCUT2D eigenvalue weighted by molar-refractivity contribution is 5.78. The largest absolute Gasteiger partial charge is 0.508 e. The minimum atomic E-state index is -1.15. The first kappa shape index (κ1) is 37.9. The average molecular weight is 592 g/mol. The second-order valence-electron chi connectivity index (χ2n) is 10.2. The standard InChI is InChI=1S/C24H35NO5.C6H14N4O2/c1-5-6-7-11-19-14-21(26)20(13-12-18(4)10-8-9-17(2)3)22(15-19)30-24(29)25-16-23(27)28;7-4(5(11)12)2-1-3-10-6(8)9/h9,12,14-15,26H,5-8,10-11,13,16H2,1-4H3,(H,25,29)(H,27,28);4H,1-3,7H2,(H,11,12)(H4,8,9,10)/b18-12+;/t;4-/m.0/s1. The Morgan fingerprint density at radius 1 is 1.07 bits per heavy atom. The third-order valence-corrected chi connectivity index (χ3v) is 5.97.